The van der Waals surface area contributed by atoms with Crippen LogP contribution in [-0.2, 0) is 0 Å². The fourth-order valence-corrected chi connectivity index (χ4v) is 1.16. The van der Waals surface area contributed by atoms with Crippen LogP contribution < -0.4 is 0 Å². The van der Waals surface area contributed by atoms with Gasteiger partial charge in [-0.25, -0.2) is 9.97 Å². The smallest absolute Gasteiger partial charge is 0.120 e. The fourth-order valence-electron chi connectivity index (χ4n) is 0.982. The van der Waals surface area contributed by atoms with E-state index in [9.17, 15) is 0 Å². The van der Waals surface area contributed by atoms with Crippen molar-refractivity contribution in [3.05, 3.63) is 35.6 Å². The van der Waals surface area contributed by atoms with E-state index in [1.807, 2.05) is 6.07 Å². The Morgan fingerprint density at radius 1 is 1.08 bits per heavy atom. The highest BCUT2D eigenvalue weighted by molar-refractivity contribution is 7.71. The number of rotatable bonds is 1. The molecule has 0 amide bonds. The van der Waals surface area contributed by atoms with Crippen molar-refractivity contribution in [1.29, 1.82) is 0 Å². The van der Waals surface area contributed by atoms with Gasteiger partial charge < -0.3 is 0 Å². The average Bonchev–Trinajstić information content (AvgIpc) is 2.19. The van der Waals surface area contributed by atoms with Crippen molar-refractivity contribution in [2.24, 2.45) is 0 Å². The zero-order chi connectivity index (χ0) is 9.10. The van der Waals surface area contributed by atoms with Crippen molar-refractivity contribution in [2.45, 2.75) is 0 Å². The molecule has 0 aliphatic carbocycles. The van der Waals surface area contributed by atoms with E-state index < -0.39 is 0 Å². The molecule has 2 aromatic rings. The summed E-state index contributed by atoms with van der Waals surface area (Å²) in [5.74, 6) is 0. The van der Waals surface area contributed by atoms with Crippen LogP contribution in [0, 0.1) is 4.64 Å². The van der Waals surface area contributed by atoms with Gasteiger partial charge in [0.1, 0.15) is 11.0 Å². The summed E-state index contributed by atoms with van der Waals surface area (Å²) in [6.45, 7) is 0. The fraction of sp³-hybridized carbons (Fsp3) is 0. The van der Waals surface area contributed by atoms with Crippen molar-refractivity contribution < 1.29 is 0 Å². The van der Waals surface area contributed by atoms with E-state index in [4.69, 9.17) is 12.2 Å². The molecule has 0 aliphatic rings. The van der Waals surface area contributed by atoms with E-state index in [0.717, 1.165) is 11.1 Å². The standard InChI is InChI=1S/C8H6N4S/c13-8-1-6(4-11-12-8)7-2-9-5-10-3-7/h1-5H,(H,12,13). The van der Waals surface area contributed by atoms with Gasteiger partial charge in [-0.2, -0.15) is 5.10 Å². The summed E-state index contributed by atoms with van der Waals surface area (Å²) in [4.78, 5) is 7.82. The zero-order valence-electron chi connectivity index (χ0n) is 6.64. The molecule has 2 aromatic heterocycles. The second-order valence-electron chi connectivity index (χ2n) is 2.46. The molecule has 0 spiro atoms. The first-order valence-electron chi connectivity index (χ1n) is 3.66. The second kappa shape index (κ2) is 3.40. The summed E-state index contributed by atoms with van der Waals surface area (Å²) in [7, 11) is 0. The van der Waals surface area contributed by atoms with Crippen LogP contribution in [0.15, 0.2) is 31.0 Å². The quantitative estimate of drug-likeness (QED) is 0.694. The number of aromatic nitrogens is 4. The van der Waals surface area contributed by atoms with E-state index in [0.29, 0.717) is 4.64 Å². The minimum absolute atomic E-state index is 0.598. The molecule has 2 rings (SSSR count). The molecule has 1 N–H and O–H groups in total. The molecule has 0 unspecified atom stereocenters. The van der Waals surface area contributed by atoms with E-state index in [1.165, 1.54) is 6.33 Å². The summed E-state index contributed by atoms with van der Waals surface area (Å²) in [5.41, 5.74) is 1.83. The predicted octanol–water partition coefficient (Wildman–Crippen LogP) is 1.60. The molecule has 4 nitrogen and oxygen atoms in total. The molecule has 0 atom stereocenters. The monoisotopic (exact) mass is 190 g/mol. The van der Waals surface area contributed by atoms with Gasteiger partial charge in [0.05, 0.1) is 6.20 Å². The Morgan fingerprint density at radius 2 is 1.85 bits per heavy atom. The normalized spacial score (nSPS) is 9.85. The molecule has 0 saturated carbocycles. The highest BCUT2D eigenvalue weighted by atomic mass is 32.1. The third-order valence-corrected chi connectivity index (χ3v) is 1.77. The molecule has 0 saturated heterocycles. The van der Waals surface area contributed by atoms with Crippen LogP contribution in [0.2, 0.25) is 0 Å². The lowest BCUT2D eigenvalue weighted by Crippen LogP contribution is -1.85. The molecular weight excluding hydrogens is 184 g/mol. The Morgan fingerprint density at radius 3 is 2.54 bits per heavy atom. The summed E-state index contributed by atoms with van der Waals surface area (Å²) < 4.78 is 0.598. The van der Waals surface area contributed by atoms with Crippen LogP contribution in [0.5, 0.6) is 0 Å². The predicted molar refractivity (Wildman–Crippen MR) is 50.4 cm³/mol. The second-order valence-corrected chi connectivity index (χ2v) is 2.90. The summed E-state index contributed by atoms with van der Waals surface area (Å²) >= 11 is 4.94. The average molecular weight is 190 g/mol. The molecule has 0 aromatic carbocycles. The topological polar surface area (TPSA) is 54.5 Å². The third kappa shape index (κ3) is 1.75. The van der Waals surface area contributed by atoms with Gasteiger partial charge in [-0.05, 0) is 6.07 Å². The molecule has 0 fully saturated rings. The van der Waals surface area contributed by atoms with Gasteiger partial charge in [0.25, 0.3) is 0 Å². The maximum absolute atomic E-state index is 4.94. The van der Waals surface area contributed by atoms with Crippen molar-refractivity contribution in [1.82, 2.24) is 20.2 Å². The van der Waals surface area contributed by atoms with Crippen LogP contribution in [0.3, 0.4) is 0 Å². The van der Waals surface area contributed by atoms with Gasteiger partial charge in [-0.15, -0.1) is 0 Å². The Hall–Kier alpha value is -1.62. The number of aromatic amines is 1. The van der Waals surface area contributed by atoms with E-state index in [-0.39, 0.29) is 0 Å². The first-order valence-corrected chi connectivity index (χ1v) is 4.07. The highest BCUT2D eigenvalue weighted by Gasteiger charge is 1.96. The Balaban J connectivity index is 2.54. The Labute approximate surface area is 79.7 Å². The van der Waals surface area contributed by atoms with Gasteiger partial charge >= 0.3 is 0 Å². The molecule has 13 heavy (non-hydrogen) atoms. The molecule has 0 aliphatic heterocycles. The first kappa shape index (κ1) is 8.00. The lowest BCUT2D eigenvalue weighted by molar-refractivity contribution is 1.02. The van der Waals surface area contributed by atoms with E-state index >= 15 is 0 Å². The first-order chi connectivity index (χ1) is 6.36. The zero-order valence-corrected chi connectivity index (χ0v) is 7.45. The van der Waals surface area contributed by atoms with Gasteiger partial charge in [-0.3, -0.25) is 5.10 Å². The van der Waals surface area contributed by atoms with Gasteiger partial charge in [0, 0.05) is 23.5 Å². The van der Waals surface area contributed by atoms with Crippen LogP contribution in [-0.4, -0.2) is 20.2 Å². The number of H-pyrrole nitrogens is 1. The van der Waals surface area contributed by atoms with Gasteiger partial charge in [-0.1, -0.05) is 12.2 Å². The maximum Gasteiger partial charge on any atom is 0.120 e. The molecule has 0 bridgehead atoms. The number of nitrogens with zero attached hydrogens (tertiary/aromatic N) is 3. The molecule has 64 valence electrons. The van der Waals surface area contributed by atoms with E-state index in [1.54, 1.807) is 18.6 Å². The SMILES string of the molecule is S=c1cc(-c2cncnc2)cn[nH]1. The highest BCUT2D eigenvalue weighted by Crippen LogP contribution is 2.14. The van der Waals surface area contributed by atoms with Crippen LogP contribution in [0.4, 0.5) is 0 Å². The molecule has 2 heterocycles. The number of hydrogen-bond donors (Lipinski definition) is 1. The number of nitrogens with one attached hydrogen (secondary N) is 1. The minimum Gasteiger partial charge on any atom is -0.268 e. The lowest BCUT2D eigenvalue weighted by Gasteiger charge is -1.97. The number of hydrogen-bond acceptors (Lipinski definition) is 4. The van der Waals surface area contributed by atoms with Crippen LogP contribution in [0.1, 0.15) is 0 Å². The van der Waals surface area contributed by atoms with Crippen molar-refractivity contribution in [2.75, 3.05) is 0 Å². The summed E-state index contributed by atoms with van der Waals surface area (Å²) in [5, 5.41) is 6.54. The van der Waals surface area contributed by atoms with E-state index in [2.05, 4.69) is 20.2 Å². The summed E-state index contributed by atoms with van der Waals surface area (Å²) in [6, 6.07) is 1.82. The Bertz CT molecular complexity index is 451. The van der Waals surface area contributed by atoms with Gasteiger partial charge in [0.15, 0.2) is 0 Å². The van der Waals surface area contributed by atoms with Crippen molar-refractivity contribution in [3.8, 4) is 11.1 Å². The summed E-state index contributed by atoms with van der Waals surface area (Å²) in [6.07, 6.45) is 6.62. The third-order valence-electron chi connectivity index (χ3n) is 1.56. The Kier molecular flexibility index (Phi) is 2.09. The molecular formula is C8H6N4S. The van der Waals surface area contributed by atoms with Crippen LogP contribution in [0.25, 0.3) is 11.1 Å². The lowest BCUT2D eigenvalue weighted by atomic mass is 10.2. The molecule has 5 heteroatoms. The molecule has 0 radical (unpaired) electrons. The maximum atomic E-state index is 4.94. The minimum atomic E-state index is 0.598. The van der Waals surface area contributed by atoms with Gasteiger partial charge in [0.2, 0.25) is 0 Å². The van der Waals surface area contributed by atoms with Crippen LogP contribution >= 0.6 is 12.2 Å². The van der Waals surface area contributed by atoms with Crippen molar-refractivity contribution >= 4 is 12.2 Å². The van der Waals surface area contributed by atoms with Crippen molar-refractivity contribution in [3.63, 3.8) is 0 Å². The largest absolute Gasteiger partial charge is 0.268 e.